The van der Waals surface area contributed by atoms with Crippen LogP contribution in [0.4, 0.5) is 10.1 Å². The molecular weight excluding hydrogens is 409 g/mol. The molecule has 1 atom stereocenters. The maximum absolute atomic E-state index is 13.6. The molecule has 1 heterocycles. The van der Waals surface area contributed by atoms with Gasteiger partial charge in [-0.05, 0) is 48.4 Å². The molecule has 6 heteroatoms. The molecule has 3 aromatic carbocycles. The lowest BCUT2D eigenvalue weighted by Crippen LogP contribution is -2.29. The highest BCUT2D eigenvalue weighted by atomic mass is 19.1. The smallest absolute Gasteiger partial charge is 0.300 e. The molecule has 1 aliphatic rings. The van der Waals surface area contributed by atoms with Crippen molar-refractivity contribution in [2.45, 2.75) is 19.4 Å². The molecule has 0 spiro atoms. The molecular formula is C26H22FNO4. The number of hydrogen-bond acceptors (Lipinski definition) is 4. The molecule has 32 heavy (non-hydrogen) atoms. The van der Waals surface area contributed by atoms with Crippen LogP contribution in [-0.2, 0) is 9.59 Å². The number of halogens is 1. The number of anilines is 1. The van der Waals surface area contributed by atoms with Crippen molar-refractivity contribution in [2.24, 2.45) is 0 Å². The fourth-order valence-electron chi connectivity index (χ4n) is 3.76. The first-order valence-electron chi connectivity index (χ1n) is 10.4. The zero-order chi connectivity index (χ0) is 22.7. The molecule has 0 radical (unpaired) electrons. The van der Waals surface area contributed by atoms with Crippen molar-refractivity contribution < 1.29 is 23.8 Å². The van der Waals surface area contributed by atoms with E-state index in [4.69, 9.17) is 4.74 Å². The summed E-state index contributed by atoms with van der Waals surface area (Å²) in [5, 5.41) is 11.2. The van der Waals surface area contributed by atoms with Crippen LogP contribution >= 0.6 is 0 Å². The lowest BCUT2D eigenvalue weighted by molar-refractivity contribution is -0.132. The molecule has 1 amide bonds. The Bertz CT molecular complexity index is 1170. The number of rotatable bonds is 6. The van der Waals surface area contributed by atoms with Crippen molar-refractivity contribution in [3.05, 3.63) is 101 Å². The molecule has 3 aromatic rings. The number of amides is 1. The molecule has 0 aromatic heterocycles. The molecule has 0 saturated carbocycles. The van der Waals surface area contributed by atoms with Crippen molar-refractivity contribution in [3.63, 3.8) is 0 Å². The van der Waals surface area contributed by atoms with Crippen molar-refractivity contribution in [3.8, 4) is 5.75 Å². The highest BCUT2D eigenvalue weighted by Gasteiger charge is 2.46. The van der Waals surface area contributed by atoms with Crippen LogP contribution in [0.15, 0.2) is 84.4 Å². The number of aliphatic hydroxyl groups is 1. The molecule has 1 fully saturated rings. The lowest BCUT2D eigenvalue weighted by Gasteiger charge is -2.25. The van der Waals surface area contributed by atoms with Gasteiger partial charge in [-0.25, -0.2) is 4.39 Å². The van der Waals surface area contributed by atoms with Gasteiger partial charge in [-0.1, -0.05) is 49.4 Å². The average Bonchev–Trinajstić information content (AvgIpc) is 3.09. The van der Waals surface area contributed by atoms with E-state index in [-0.39, 0.29) is 11.3 Å². The first kappa shape index (κ1) is 21.3. The third-order valence-electron chi connectivity index (χ3n) is 5.24. The van der Waals surface area contributed by atoms with Crippen LogP contribution in [0.25, 0.3) is 5.76 Å². The third kappa shape index (κ3) is 3.99. The SMILES string of the molecule is CCCOc1cccc(/C(O)=C2/C(=O)C(=O)N(c3ccccc3)C2c2ccc(F)cc2)c1. The van der Waals surface area contributed by atoms with Gasteiger partial charge < -0.3 is 9.84 Å². The Morgan fingerprint density at radius 2 is 1.72 bits per heavy atom. The molecule has 0 aliphatic carbocycles. The minimum absolute atomic E-state index is 0.0573. The molecule has 5 nitrogen and oxygen atoms in total. The van der Waals surface area contributed by atoms with Gasteiger partial charge in [0.25, 0.3) is 11.7 Å². The van der Waals surface area contributed by atoms with Crippen molar-refractivity contribution in [1.82, 2.24) is 0 Å². The number of aliphatic hydroxyl groups excluding tert-OH is 1. The standard InChI is InChI=1S/C26H22FNO4/c1-2-15-32-21-10-6-7-18(16-21)24(29)22-23(17-11-13-19(27)14-12-17)28(26(31)25(22)30)20-8-4-3-5-9-20/h3-14,16,23,29H,2,15H2,1H3/b24-22-. The van der Waals surface area contributed by atoms with Gasteiger partial charge in [0.05, 0.1) is 18.2 Å². The van der Waals surface area contributed by atoms with E-state index in [0.29, 0.717) is 29.2 Å². The van der Waals surface area contributed by atoms with E-state index in [9.17, 15) is 19.1 Å². The molecule has 1 saturated heterocycles. The number of carbonyl (C=O) groups is 2. The fourth-order valence-corrected chi connectivity index (χ4v) is 3.76. The predicted octanol–water partition coefficient (Wildman–Crippen LogP) is 5.24. The first-order valence-corrected chi connectivity index (χ1v) is 10.4. The van der Waals surface area contributed by atoms with Crippen LogP contribution < -0.4 is 9.64 Å². The minimum atomic E-state index is -0.904. The summed E-state index contributed by atoms with van der Waals surface area (Å²) >= 11 is 0. The molecule has 0 bridgehead atoms. The Hall–Kier alpha value is -3.93. The topological polar surface area (TPSA) is 66.8 Å². The number of hydrogen-bond donors (Lipinski definition) is 1. The maximum Gasteiger partial charge on any atom is 0.300 e. The number of carbonyl (C=O) groups excluding carboxylic acids is 2. The second-order valence-electron chi connectivity index (χ2n) is 7.43. The van der Waals surface area contributed by atoms with E-state index in [0.717, 1.165) is 6.42 Å². The molecule has 162 valence electrons. The highest BCUT2D eigenvalue weighted by molar-refractivity contribution is 6.51. The number of para-hydroxylation sites is 1. The number of nitrogens with zero attached hydrogens (tertiary/aromatic N) is 1. The van der Waals surface area contributed by atoms with Gasteiger partial charge in [-0.3, -0.25) is 14.5 Å². The molecule has 1 unspecified atom stereocenters. The van der Waals surface area contributed by atoms with Crippen LogP contribution in [0.3, 0.4) is 0 Å². The third-order valence-corrected chi connectivity index (χ3v) is 5.24. The Balaban J connectivity index is 1.88. The zero-order valence-electron chi connectivity index (χ0n) is 17.5. The summed E-state index contributed by atoms with van der Waals surface area (Å²) in [5.74, 6) is -1.76. The molecule has 1 N–H and O–H groups in total. The largest absolute Gasteiger partial charge is 0.507 e. The summed E-state index contributed by atoms with van der Waals surface area (Å²) in [4.78, 5) is 27.5. The van der Waals surface area contributed by atoms with Crippen molar-refractivity contribution in [1.29, 1.82) is 0 Å². The molecule has 1 aliphatic heterocycles. The number of ketones is 1. The van der Waals surface area contributed by atoms with Gasteiger partial charge in [0.15, 0.2) is 0 Å². The fraction of sp³-hybridized carbons (Fsp3) is 0.154. The summed E-state index contributed by atoms with van der Waals surface area (Å²) in [7, 11) is 0. The predicted molar refractivity (Wildman–Crippen MR) is 120 cm³/mol. The van der Waals surface area contributed by atoms with Gasteiger partial charge in [-0.2, -0.15) is 0 Å². The van der Waals surface area contributed by atoms with Crippen LogP contribution in [0.5, 0.6) is 5.75 Å². The quantitative estimate of drug-likeness (QED) is 0.329. The monoisotopic (exact) mass is 431 g/mol. The van der Waals surface area contributed by atoms with Gasteiger partial charge in [0.1, 0.15) is 17.3 Å². The Labute approximate surface area is 185 Å². The maximum atomic E-state index is 13.6. The second kappa shape index (κ2) is 9.06. The zero-order valence-corrected chi connectivity index (χ0v) is 17.5. The van der Waals surface area contributed by atoms with E-state index in [1.54, 1.807) is 54.6 Å². The van der Waals surface area contributed by atoms with Crippen LogP contribution in [0.1, 0.15) is 30.5 Å². The first-order chi connectivity index (χ1) is 15.5. The second-order valence-corrected chi connectivity index (χ2v) is 7.43. The normalized spacial score (nSPS) is 17.6. The van der Waals surface area contributed by atoms with Crippen molar-refractivity contribution >= 4 is 23.1 Å². The van der Waals surface area contributed by atoms with E-state index in [1.807, 2.05) is 6.92 Å². The Kier molecular flexibility index (Phi) is 6.03. The lowest BCUT2D eigenvalue weighted by atomic mass is 9.95. The summed E-state index contributed by atoms with van der Waals surface area (Å²) in [6.07, 6.45) is 0.822. The van der Waals surface area contributed by atoms with Gasteiger partial charge in [0, 0.05) is 11.3 Å². The number of Topliss-reactive ketones (excluding diaryl/α,β-unsaturated/α-hetero) is 1. The van der Waals surface area contributed by atoms with Gasteiger partial charge in [0.2, 0.25) is 0 Å². The highest BCUT2D eigenvalue weighted by Crippen LogP contribution is 2.42. The van der Waals surface area contributed by atoms with E-state index in [2.05, 4.69) is 0 Å². The van der Waals surface area contributed by atoms with Crippen LogP contribution in [-0.4, -0.2) is 23.4 Å². The van der Waals surface area contributed by atoms with E-state index < -0.39 is 23.5 Å². The average molecular weight is 431 g/mol. The summed E-state index contributed by atoms with van der Waals surface area (Å²) < 4.78 is 19.2. The molecule has 4 rings (SSSR count). The Morgan fingerprint density at radius 1 is 1.00 bits per heavy atom. The summed E-state index contributed by atoms with van der Waals surface area (Å²) in [5.41, 5.74) is 1.31. The van der Waals surface area contributed by atoms with Crippen LogP contribution in [0.2, 0.25) is 0 Å². The van der Waals surface area contributed by atoms with E-state index >= 15 is 0 Å². The number of ether oxygens (including phenoxy) is 1. The van der Waals surface area contributed by atoms with Crippen molar-refractivity contribution in [2.75, 3.05) is 11.5 Å². The summed E-state index contributed by atoms with van der Waals surface area (Å²) in [6.45, 7) is 2.50. The Morgan fingerprint density at radius 3 is 2.41 bits per heavy atom. The van der Waals surface area contributed by atoms with Crippen LogP contribution in [0, 0.1) is 5.82 Å². The van der Waals surface area contributed by atoms with Gasteiger partial charge >= 0.3 is 0 Å². The number of benzene rings is 3. The minimum Gasteiger partial charge on any atom is -0.507 e. The summed E-state index contributed by atoms with van der Waals surface area (Å²) in [6, 6.07) is 20.1. The van der Waals surface area contributed by atoms with E-state index in [1.165, 1.54) is 29.2 Å². The van der Waals surface area contributed by atoms with Gasteiger partial charge in [-0.15, -0.1) is 0 Å².